The highest BCUT2D eigenvalue weighted by Gasteiger charge is 2.21. The predicted molar refractivity (Wildman–Crippen MR) is 146 cm³/mol. The molecule has 4 rings (SSSR count). The first kappa shape index (κ1) is 26.8. The van der Waals surface area contributed by atoms with Crippen LogP contribution in [0.3, 0.4) is 0 Å². The predicted octanol–water partition coefficient (Wildman–Crippen LogP) is 3.76. The zero-order valence-electron chi connectivity index (χ0n) is 21.0. The molecule has 0 saturated carbocycles. The molecule has 0 bridgehead atoms. The molecule has 1 N–H and O–H groups in total. The largest absolute Gasteiger partial charge is 0.368 e. The second-order valence-electron chi connectivity index (χ2n) is 9.23. The van der Waals surface area contributed by atoms with Gasteiger partial charge in [-0.15, -0.1) is 4.40 Å². The standard InChI is InChI=1S/C26H31ClN6O3S/c1-31(2)19-29-37(35,36)25-16-22(30-26(34)15-20-7-3-4-8-24(20)27)9-10-23(25)21-17-28-33(18-21)14-13-32-11-5-6-12-32/h3-4,7-10,16-19H,5-6,11-15H2,1-2H3,(H,30,34). The van der Waals surface area contributed by atoms with Gasteiger partial charge >= 0.3 is 0 Å². The molecular formula is C26H31ClN6O3S. The number of amides is 1. The SMILES string of the molecule is CN(C)C=NS(=O)(=O)c1cc(NC(=O)Cc2ccccc2Cl)ccc1-c1cnn(CCN2CCCC2)c1. The number of benzene rings is 2. The molecule has 0 atom stereocenters. The zero-order valence-corrected chi connectivity index (χ0v) is 22.5. The molecule has 2 aromatic carbocycles. The Morgan fingerprint density at radius 1 is 1.16 bits per heavy atom. The molecule has 9 nitrogen and oxygen atoms in total. The highest BCUT2D eigenvalue weighted by molar-refractivity contribution is 7.90. The first-order chi connectivity index (χ1) is 17.7. The Morgan fingerprint density at radius 3 is 2.65 bits per heavy atom. The maximum absolute atomic E-state index is 13.2. The van der Waals surface area contributed by atoms with E-state index in [0.717, 1.165) is 26.2 Å². The highest BCUT2D eigenvalue weighted by atomic mass is 35.5. The molecule has 1 fully saturated rings. The van der Waals surface area contributed by atoms with Crippen molar-refractivity contribution >= 4 is 39.6 Å². The van der Waals surface area contributed by atoms with Crippen LogP contribution < -0.4 is 5.32 Å². The van der Waals surface area contributed by atoms with E-state index >= 15 is 0 Å². The number of hydrogen-bond donors (Lipinski definition) is 1. The maximum atomic E-state index is 13.2. The summed E-state index contributed by atoms with van der Waals surface area (Å²) in [7, 11) is -0.684. The van der Waals surface area contributed by atoms with E-state index in [9.17, 15) is 13.2 Å². The van der Waals surface area contributed by atoms with Crippen molar-refractivity contribution in [1.29, 1.82) is 0 Å². The molecule has 0 unspecified atom stereocenters. The van der Waals surface area contributed by atoms with Gasteiger partial charge in [-0.2, -0.15) is 13.5 Å². The summed E-state index contributed by atoms with van der Waals surface area (Å²) in [4.78, 5) is 16.6. The van der Waals surface area contributed by atoms with Gasteiger partial charge in [0.25, 0.3) is 10.0 Å². The fraction of sp³-hybridized carbons (Fsp3) is 0.346. The molecular weight excluding hydrogens is 512 g/mol. The van der Waals surface area contributed by atoms with E-state index in [1.165, 1.54) is 25.2 Å². The monoisotopic (exact) mass is 542 g/mol. The van der Waals surface area contributed by atoms with Gasteiger partial charge in [0, 0.05) is 48.7 Å². The lowest BCUT2D eigenvalue weighted by atomic mass is 10.1. The summed E-state index contributed by atoms with van der Waals surface area (Å²) in [6.45, 7) is 3.82. The molecule has 11 heteroatoms. The normalized spacial score (nSPS) is 14.4. The molecule has 196 valence electrons. The molecule has 1 saturated heterocycles. The van der Waals surface area contributed by atoms with Crippen molar-refractivity contribution in [3.63, 3.8) is 0 Å². The fourth-order valence-corrected chi connectivity index (χ4v) is 5.53. The van der Waals surface area contributed by atoms with Crippen molar-refractivity contribution in [2.45, 2.75) is 30.7 Å². The van der Waals surface area contributed by atoms with E-state index in [4.69, 9.17) is 11.6 Å². The smallest absolute Gasteiger partial charge is 0.284 e. The Hall–Kier alpha value is -3.21. The molecule has 2 heterocycles. The molecule has 37 heavy (non-hydrogen) atoms. The molecule has 1 aliphatic rings. The lowest BCUT2D eigenvalue weighted by Gasteiger charge is -2.14. The van der Waals surface area contributed by atoms with Crippen molar-refractivity contribution in [3.05, 3.63) is 65.4 Å². The number of halogens is 1. The van der Waals surface area contributed by atoms with Gasteiger partial charge in [-0.25, -0.2) is 0 Å². The Labute approximate surface area is 222 Å². The number of nitrogens with zero attached hydrogens (tertiary/aromatic N) is 5. The maximum Gasteiger partial charge on any atom is 0.284 e. The minimum absolute atomic E-state index is 0.0137. The van der Waals surface area contributed by atoms with Gasteiger partial charge in [0.2, 0.25) is 5.91 Å². The molecule has 1 amide bonds. The third kappa shape index (κ3) is 7.18. The van der Waals surface area contributed by atoms with E-state index in [1.54, 1.807) is 55.5 Å². The number of likely N-dealkylation sites (tertiary alicyclic amines) is 1. The van der Waals surface area contributed by atoms with E-state index in [2.05, 4.69) is 19.7 Å². The summed E-state index contributed by atoms with van der Waals surface area (Å²) in [5.41, 5.74) is 2.16. The van der Waals surface area contributed by atoms with Gasteiger partial charge in [0.1, 0.15) is 6.34 Å². The Bertz CT molecular complexity index is 1380. The number of rotatable bonds is 10. The summed E-state index contributed by atoms with van der Waals surface area (Å²) >= 11 is 6.18. The van der Waals surface area contributed by atoms with Crippen molar-refractivity contribution in [3.8, 4) is 11.1 Å². The van der Waals surface area contributed by atoms with Crippen molar-refractivity contribution in [2.24, 2.45) is 4.40 Å². The molecule has 0 aliphatic carbocycles. The second-order valence-corrected chi connectivity index (χ2v) is 11.2. The van der Waals surface area contributed by atoms with Crippen LogP contribution in [-0.4, -0.2) is 74.0 Å². The molecule has 0 radical (unpaired) electrons. The number of carbonyl (C=O) groups is 1. The van der Waals surface area contributed by atoms with E-state index in [-0.39, 0.29) is 17.2 Å². The molecule has 3 aromatic rings. The third-order valence-electron chi connectivity index (χ3n) is 6.06. The minimum atomic E-state index is -4.06. The number of sulfonamides is 1. The van der Waals surface area contributed by atoms with Crippen LogP contribution in [0.1, 0.15) is 18.4 Å². The van der Waals surface area contributed by atoms with Gasteiger partial charge < -0.3 is 15.1 Å². The molecule has 1 aromatic heterocycles. The molecule has 1 aliphatic heterocycles. The third-order valence-corrected chi connectivity index (χ3v) is 7.69. The van der Waals surface area contributed by atoms with Gasteiger partial charge in [-0.3, -0.25) is 9.48 Å². The summed E-state index contributed by atoms with van der Waals surface area (Å²) in [6.07, 6.45) is 7.24. The van der Waals surface area contributed by atoms with Crippen LogP contribution in [0.25, 0.3) is 11.1 Å². The summed E-state index contributed by atoms with van der Waals surface area (Å²) in [5.74, 6) is -0.310. The average molecular weight is 543 g/mol. The lowest BCUT2D eigenvalue weighted by molar-refractivity contribution is -0.115. The van der Waals surface area contributed by atoms with Crippen LogP contribution in [-0.2, 0) is 27.8 Å². The van der Waals surface area contributed by atoms with E-state index in [0.29, 0.717) is 27.4 Å². The van der Waals surface area contributed by atoms with Crippen molar-refractivity contribution in [1.82, 2.24) is 19.6 Å². The topological polar surface area (TPSA) is 99.9 Å². The van der Waals surface area contributed by atoms with Crippen LogP contribution in [0.4, 0.5) is 5.69 Å². The van der Waals surface area contributed by atoms with Gasteiger partial charge in [0.15, 0.2) is 0 Å². The van der Waals surface area contributed by atoms with E-state index in [1.807, 2.05) is 16.9 Å². The Balaban J connectivity index is 1.60. The minimum Gasteiger partial charge on any atom is -0.368 e. The van der Waals surface area contributed by atoms with Gasteiger partial charge in [-0.1, -0.05) is 35.9 Å². The summed E-state index contributed by atoms with van der Waals surface area (Å²) < 4.78 is 32.1. The van der Waals surface area contributed by atoms with Crippen molar-refractivity contribution < 1.29 is 13.2 Å². The highest BCUT2D eigenvalue weighted by Crippen LogP contribution is 2.31. The second kappa shape index (κ2) is 11.9. The fourth-order valence-electron chi connectivity index (χ4n) is 4.16. The number of nitrogens with one attached hydrogen (secondary N) is 1. The summed E-state index contributed by atoms with van der Waals surface area (Å²) in [5, 5.41) is 7.72. The van der Waals surface area contributed by atoms with E-state index < -0.39 is 10.0 Å². The Kier molecular flexibility index (Phi) is 8.63. The summed E-state index contributed by atoms with van der Waals surface area (Å²) in [6, 6.07) is 11.9. The number of carbonyl (C=O) groups excluding carboxylic acids is 1. The first-order valence-corrected chi connectivity index (χ1v) is 13.9. The zero-order chi connectivity index (χ0) is 26.4. The van der Waals surface area contributed by atoms with Crippen molar-refractivity contribution in [2.75, 3.05) is 39.0 Å². The van der Waals surface area contributed by atoms with Crippen LogP contribution in [0, 0.1) is 0 Å². The lowest BCUT2D eigenvalue weighted by Crippen LogP contribution is -2.24. The quantitative estimate of drug-likeness (QED) is 0.309. The average Bonchev–Trinajstić information content (AvgIpc) is 3.55. The Morgan fingerprint density at radius 2 is 1.92 bits per heavy atom. The van der Waals surface area contributed by atoms with Gasteiger partial charge in [0.05, 0.1) is 24.1 Å². The van der Waals surface area contributed by atoms with Gasteiger partial charge in [-0.05, 0) is 49.7 Å². The number of hydrogen-bond acceptors (Lipinski definition) is 5. The van der Waals surface area contributed by atoms with Crippen LogP contribution in [0.15, 0.2) is 64.2 Å². The van der Waals surface area contributed by atoms with Crippen LogP contribution in [0.2, 0.25) is 5.02 Å². The van der Waals surface area contributed by atoms with Crippen LogP contribution in [0.5, 0.6) is 0 Å². The number of anilines is 1. The number of aromatic nitrogens is 2. The first-order valence-electron chi connectivity index (χ1n) is 12.1. The van der Waals surface area contributed by atoms with Crippen LogP contribution >= 0.6 is 11.6 Å². The molecule has 0 spiro atoms.